The standard InChI is InChI=1S/C6H7NO5S/c1-3-7-4(5(8)9)6(12-3)13(2,10)11/h1-2H3,(H,8,9). The summed E-state index contributed by atoms with van der Waals surface area (Å²) in [4.78, 5) is 13.9. The molecule has 7 heteroatoms. The summed E-state index contributed by atoms with van der Waals surface area (Å²) < 4.78 is 26.6. The van der Waals surface area contributed by atoms with Gasteiger partial charge in [-0.15, -0.1) is 0 Å². The summed E-state index contributed by atoms with van der Waals surface area (Å²) in [5.41, 5.74) is -0.569. The molecule has 0 aliphatic heterocycles. The molecule has 1 heterocycles. The van der Waals surface area contributed by atoms with E-state index in [-0.39, 0.29) is 5.89 Å². The van der Waals surface area contributed by atoms with E-state index in [2.05, 4.69) is 9.40 Å². The van der Waals surface area contributed by atoms with Crippen molar-refractivity contribution in [3.05, 3.63) is 11.6 Å². The number of aromatic nitrogens is 1. The van der Waals surface area contributed by atoms with E-state index in [1.54, 1.807) is 0 Å². The fourth-order valence-corrected chi connectivity index (χ4v) is 1.55. The van der Waals surface area contributed by atoms with Crippen molar-refractivity contribution in [3.63, 3.8) is 0 Å². The molecule has 1 aromatic rings. The van der Waals surface area contributed by atoms with Crippen LogP contribution in [-0.4, -0.2) is 30.7 Å². The van der Waals surface area contributed by atoms with E-state index < -0.39 is 26.6 Å². The van der Waals surface area contributed by atoms with Crippen molar-refractivity contribution >= 4 is 15.8 Å². The molecular formula is C6H7NO5S. The number of oxazole rings is 1. The summed E-state index contributed by atoms with van der Waals surface area (Å²) in [5, 5.41) is 7.96. The minimum absolute atomic E-state index is 0.0119. The second-order valence-electron chi connectivity index (χ2n) is 2.45. The summed E-state index contributed by atoms with van der Waals surface area (Å²) in [7, 11) is -3.67. The Labute approximate surface area is 74.1 Å². The lowest BCUT2D eigenvalue weighted by atomic mass is 10.5. The first-order valence-corrected chi connectivity index (χ1v) is 5.12. The van der Waals surface area contributed by atoms with E-state index in [4.69, 9.17) is 5.11 Å². The average molecular weight is 205 g/mol. The van der Waals surface area contributed by atoms with E-state index in [9.17, 15) is 13.2 Å². The fourth-order valence-electron chi connectivity index (χ4n) is 0.795. The van der Waals surface area contributed by atoms with Crippen molar-refractivity contribution in [2.24, 2.45) is 0 Å². The lowest BCUT2D eigenvalue weighted by molar-refractivity contribution is 0.0684. The Kier molecular flexibility index (Phi) is 2.12. The number of rotatable bonds is 2. The van der Waals surface area contributed by atoms with Gasteiger partial charge in [0.15, 0.2) is 5.89 Å². The zero-order chi connectivity index (χ0) is 10.2. The molecule has 1 rings (SSSR count). The Morgan fingerprint density at radius 3 is 2.38 bits per heavy atom. The van der Waals surface area contributed by atoms with Crippen LogP contribution in [0.4, 0.5) is 0 Å². The third-order valence-electron chi connectivity index (χ3n) is 1.24. The molecule has 0 spiro atoms. The number of carboxylic acids is 1. The highest BCUT2D eigenvalue weighted by Gasteiger charge is 2.25. The van der Waals surface area contributed by atoms with Crippen LogP contribution >= 0.6 is 0 Å². The molecule has 0 aliphatic rings. The number of aryl methyl sites for hydroxylation is 1. The molecule has 1 N–H and O–H groups in total. The first-order chi connectivity index (χ1) is 5.82. The minimum Gasteiger partial charge on any atom is -0.476 e. The topological polar surface area (TPSA) is 97.5 Å². The Hall–Kier alpha value is -1.37. The first kappa shape index (κ1) is 9.72. The van der Waals surface area contributed by atoms with Crippen LogP contribution in [0.1, 0.15) is 16.4 Å². The first-order valence-electron chi connectivity index (χ1n) is 3.23. The van der Waals surface area contributed by atoms with Gasteiger partial charge < -0.3 is 9.52 Å². The Morgan fingerprint density at radius 1 is 1.54 bits per heavy atom. The summed E-state index contributed by atoms with van der Waals surface area (Å²) >= 11 is 0. The number of carboxylic acid groups (broad SMARTS) is 1. The maximum absolute atomic E-state index is 11.0. The summed E-state index contributed by atoms with van der Waals surface area (Å²) in [6.45, 7) is 1.38. The van der Waals surface area contributed by atoms with Crippen molar-refractivity contribution in [3.8, 4) is 0 Å². The SMILES string of the molecule is Cc1nc(C(=O)O)c(S(C)(=O)=O)o1. The van der Waals surface area contributed by atoms with Gasteiger partial charge in [-0.25, -0.2) is 18.2 Å². The second kappa shape index (κ2) is 2.84. The van der Waals surface area contributed by atoms with Gasteiger partial charge in [0.2, 0.25) is 15.5 Å². The molecule has 0 saturated heterocycles. The molecule has 0 bridgehead atoms. The molecular weight excluding hydrogens is 198 g/mol. The van der Waals surface area contributed by atoms with Gasteiger partial charge in [0.1, 0.15) is 0 Å². The number of aromatic carboxylic acids is 1. The van der Waals surface area contributed by atoms with E-state index in [0.717, 1.165) is 6.26 Å². The van der Waals surface area contributed by atoms with E-state index in [1.807, 2.05) is 0 Å². The summed E-state index contributed by atoms with van der Waals surface area (Å²) in [6, 6.07) is 0. The van der Waals surface area contributed by atoms with Gasteiger partial charge in [-0.1, -0.05) is 0 Å². The van der Waals surface area contributed by atoms with Crippen LogP contribution < -0.4 is 0 Å². The van der Waals surface area contributed by atoms with Crippen LogP contribution in [0, 0.1) is 6.92 Å². The maximum Gasteiger partial charge on any atom is 0.359 e. The summed E-state index contributed by atoms with van der Waals surface area (Å²) in [5.74, 6) is -1.41. The lowest BCUT2D eigenvalue weighted by Gasteiger charge is -1.91. The number of sulfone groups is 1. The number of nitrogens with zero attached hydrogens (tertiary/aromatic N) is 1. The predicted molar refractivity (Wildman–Crippen MR) is 41.3 cm³/mol. The largest absolute Gasteiger partial charge is 0.476 e. The second-order valence-corrected chi connectivity index (χ2v) is 4.36. The molecule has 0 amide bonds. The third-order valence-corrected chi connectivity index (χ3v) is 2.19. The van der Waals surface area contributed by atoms with Crippen molar-refractivity contribution in [2.75, 3.05) is 6.26 Å². The van der Waals surface area contributed by atoms with Crippen LogP contribution in [0.3, 0.4) is 0 Å². The van der Waals surface area contributed by atoms with E-state index >= 15 is 0 Å². The van der Waals surface area contributed by atoms with Crippen LogP contribution in [0.5, 0.6) is 0 Å². The molecule has 1 aromatic heterocycles. The predicted octanol–water partition coefficient (Wildman–Crippen LogP) is 0.0847. The highest BCUT2D eigenvalue weighted by Crippen LogP contribution is 2.16. The third kappa shape index (κ3) is 1.86. The minimum atomic E-state index is -3.67. The van der Waals surface area contributed by atoms with Crippen LogP contribution in [0.2, 0.25) is 0 Å². The van der Waals surface area contributed by atoms with Gasteiger partial charge in [-0.2, -0.15) is 0 Å². The van der Waals surface area contributed by atoms with Gasteiger partial charge in [0, 0.05) is 13.2 Å². The van der Waals surface area contributed by atoms with Crippen molar-refractivity contribution in [2.45, 2.75) is 12.0 Å². The highest BCUT2D eigenvalue weighted by molar-refractivity contribution is 7.90. The van der Waals surface area contributed by atoms with Gasteiger partial charge >= 0.3 is 5.97 Å². The van der Waals surface area contributed by atoms with Crippen molar-refractivity contribution in [1.29, 1.82) is 0 Å². The Bertz CT molecular complexity index is 444. The molecule has 0 radical (unpaired) electrons. The zero-order valence-corrected chi connectivity index (χ0v) is 7.75. The zero-order valence-electron chi connectivity index (χ0n) is 6.94. The van der Waals surface area contributed by atoms with Gasteiger partial charge in [0.25, 0.3) is 5.09 Å². The van der Waals surface area contributed by atoms with Gasteiger partial charge in [-0.3, -0.25) is 0 Å². The molecule has 0 fully saturated rings. The molecule has 72 valence electrons. The quantitative estimate of drug-likeness (QED) is 0.734. The lowest BCUT2D eigenvalue weighted by Crippen LogP contribution is -2.05. The molecule has 0 aliphatic carbocycles. The Balaban J connectivity index is 3.46. The number of carbonyl (C=O) groups is 1. The number of hydrogen-bond acceptors (Lipinski definition) is 5. The normalized spacial score (nSPS) is 11.5. The fraction of sp³-hybridized carbons (Fsp3) is 0.333. The monoisotopic (exact) mass is 205 g/mol. The molecule has 0 unspecified atom stereocenters. The van der Waals surface area contributed by atoms with Gasteiger partial charge in [-0.05, 0) is 0 Å². The van der Waals surface area contributed by atoms with Crippen LogP contribution in [-0.2, 0) is 9.84 Å². The molecule has 0 atom stereocenters. The molecule has 0 aromatic carbocycles. The van der Waals surface area contributed by atoms with Crippen LogP contribution in [0.15, 0.2) is 9.51 Å². The molecule has 0 saturated carbocycles. The molecule has 13 heavy (non-hydrogen) atoms. The summed E-state index contributed by atoms with van der Waals surface area (Å²) in [6.07, 6.45) is 0.861. The Morgan fingerprint density at radius 2 is 2.08 bits per heavy atom. The smallest absolute Gasteiger partial charge is 0.359 e. The van der Waals surface area contributed by atoms with Crippen molar-refractivity contribution in [1.82, 2.24) is 4.98 Å². The van der Waals surface area contributed by atoms with Crippen LogP contribution in [0.25, 0.3) is 0 Å². The van der Waals surface area contributed by atoms with Crippen molar-refractivity contribution < 1.29 is 22.7 Å². The van der Waals surface area contributed by atoms with E-state index in [1.165, 1.54) is 6.92 Å². The molecule has 6 nitrogen and oxygen atoms in total. The highest BCUT2D eigenvalue weighted by atomic mass is 32.2. The van der Waals surface area contributed by atoms with E-state index in [0.29, 0.717) is 0 Å². The maximum atomic E-state index is 11.0. The van der Waals surface area contributed by atoms with Gasteiger partial charge in [0.05, 0.1) is 0 Å². The number of hydrogen-bond donors (Lipinski definition) is 1. The average Bonchev–Trinajstić information content (AvgIpc) is 2.29.